The molecule has 0 radical (unpaired) electrons. The van der Waals surface area contributed by atoms with Crippen molar-refractivity contribution >= 4 is 5.69 Å². The van der Waals surface area contributed by atoms with Crippen molar-refractivity contribution in [3.63, 3.8) is 0 Å². The van der Waals surface area contributed by atoms with Gasteiger partial charge in [-0.05, 0) is 31.5 Å². The van der Waals surface area contributed by atoms with E-state index in [1.54, 1.807) is 18.0 Å². The van der Waals surface area contributed by atoms with Crippen molar-refractivity contribution in [3.8, 4) is 0 Å². The van der Waals surface area contributed by atoms with Gasteiger partial charge in [-0.3, -0.25) is 5.32 Å². The van der Waals surface area contributed by atoms with Crippen molar-refractivity contribution in [2.45, 2.75) is 25.2 Å². The van der Waals surface area contributed by atoms with Gasteiger partial charge in [-0.15, -0.1) is 0 Å². The van der Waals surface area contributed by atoms with Gasteiger partial charge in [-0.1, -0.05) is 12.1 Å². The van der Waals surface area contributed by atoms with Crippen LogP contribution in [-0.4, -0.2) is 19.8 Å². The molecular weight excluding hydrogens is 229 g/mol. The van der Waals surface area contributed by atoms with Gasteiger partial charge in [0.15, 0.2) is 0 Å². The van der Waals surface area contributed by atoms with Gasteiger partial charge < -0.3 is 4.90 Å². The largest absolute Gasteiger partial charge is 0.418 e. The van der Waals surface area contributed by atoms with Gasteiger partial charge in [0, 0.05) is 12.7 Å². The third-order valence-corrected chi connectivity index (χ3v) is 3.09. The van der Waals surface area contributed by atoms with Gasteiger partial charge in [0.05, 0.1) is 11.7 Å². The van der Waals surface area contributed by atoms with Crippen molar-refractivity contribution in [2.75, 3.05) is 18.5 Å². The van der Waals surface area contributed by atoms with Crippen LogP contribution in [0.3, 0.4) is 0 Å². The summed E-state index contributed by atoms with van der Waals surface area (Å²) in [7, 11) is 1.70. The van der Waals surface area contributed by atoms with E-state index in [-0.39, 0.29) is 11.9 Å². The number of hydrogen-bond donors (Lipinski definition) is 1. The number of anilines is 1. The molecule has 1 N–H and O–H groups in total. The molecule has 0 saturated carbocycles. The van der Waals surface area contributed by atoms with Crippen LogP contribution in [0.2, 0.25) is 0 Å². The number of alkyl halides is 3. The summed E-state index contributed by atoms with van der Waals surface area (Å²) in [6, 6.07) is 5.70. The Balaban J connectivity index is 2.31. The lowest BCUT2D eigenvalue weighted by atomic mass is 10.1. The molecule has 2 nitrogen and oxygen atoms in total. The van der Waals surface area contributed by atoms with Gasteiger partial charge >= 0.3 is 6.18 Å². The highest BCUT2D eigenvalue weighted by molar-refractivity contribution is 5.55. The topological polar surface area (TPSA) is 15.3 Å². The third kappa shape index (κ3) is 2.54. The molecule has 1 unspecified atom stereocenters. The maximum absolute atomic E-state index is 12.8. The lowest BCUT2D eigenvalue weighted by Gasteiger charge is -2.29. The normalized spacial score (nSPS) is 20.6. The second-order valence-electron chi connectivity index (χ2n) is 4.24. The minimum Gasteiger partial charge on any atom is -0.359 e. The maximum atomic E-state index is 12.8. The van der Waals surface area contributed by atoms with Gasteiger partial charge in [0.1, 0.15) is 0 Å². The molecule has 1 aromatic carbocycles. The first kappa shape index (κ1) is 12.2. The minimum atomic E-state index is -4.30. The second-order valence-corrected chi connectivity index (χ2v) is 4.24. The fraction of sp³-hybridized carbons (Fsp3) is 0.500. The van der Waals surface area contributed by atoms with Crippen molar-refractivity contribution in [2.24, 2.45) is 0 Å². The van der Waals surface area contributed by atoms with Crippen molar-refractivity contribution < 1.29 is 13.2 Å². The van der Waals surface area contributed by atoms with E-state index in [0.717, 1.165) is 25.5 Å². The van der Waals surface area contributed by atoms with Gasteiger partial charge in [-0.25, -0.2) is 0 Å². The fourth-order valence-corrected chi connectivity index (χ4v) is 2.19. The summed E-state index contributed by atoms with van der Waals surface area (Å²) >= 11 is 0. The zero-order valence-corrected chi connectivity index (χ0v) is 9.59. The van der Waals surface area contributed by atoms with E-state index in [2.05, 4.69) is 5.32 Å². The second kappa shape index (κ2) is 4.56. The molecule has 1 aromatic rings. The van der Waals surface area contributed by atoms with E-state index in [1.807, 2.05) is 0 Å². The maximum Gasteiger partial charge on any atom is 0.418 e. The summed E-state index contributed by atoms with van der Waals surface area (Å²) in [5, 5.41) is 3.19. The van der Waals surface area contributed by atoms with Gasteiger partial charge in [0.25, 0.3) is 0 Å². The number of nitrogens with one attached hydrogen (secondary N) is 1. The summed E-state index contributed by atoms with van der Waals surface area (Å²) in [6.07, 6.45) is -2.42. The van der Waals surface area contributed by atoms with Crippen molar-refractivity contribution in [1.82, 2.24) is 5.32 Å². The lowest BCUT2D eigenvalue weighted by molar-refractivity contribution is -0.137. The number of rotatable bonds is 2. The predicted molar refractivity (Wildman–Crippen MR) is 60.9 cm³/mol. The number of para-hydroxylation sites is 1. The van der Waals surface area contributed by atoms with Crippen LogP contribution in [0.15, 0.2) is 24.3 Å². The summed E-state index contributed by atoms with van der Waals surface area (Å²) in [5.74, 6) is 0. The Labute approximate surface area is 98.4 Å². The first-order chi connectivity index (χ1) is 8.00. The Morgan fingerprint density at radius 2 is 2.00 bits per heavy atom. The highest BCUT2D eigenvalue weighted by Gasteiger charge is 2.35. The molecule has 0 bridgehead atoms. The quantitative estimate of drug-likeness (QED) is 0.860. The van der Waals surface area contributed by atoms with Crippen LogP contribution in [0, 0.1) is 0 Å². The van der Waals surface area contributed by atoms with Crippen LogP contribution in [0.25, 0.3) is 0 Å². The van der Waals surface area contributed by atoms with E-state index in [4.69, 9.17) is 0 Å². The Hall–Kier alpha value is -1.23. The summed E-state index contributed by atoms with van der Waals surface area (Å²) in [5.41, 5.74) is -0.337. The Kier molecular flexibility index (Phi) is 3.28. The van der Waals surface area contributed by atoms with Crippen LogP contribution in [-0.2, 0) is 6.18 Å². The zero-order chi connectivity index (χ0) is 12.5. The molecule has 1 aliphatic rings. The van der Waals surface area contributed by atoms with E-state index in [0.29, 0.717) is 0 Å². The number of hydrogen-bond acceptors (Lipinski definition) is 2. The fourth-order valence-electron chi connectivity index (χ4n) is 2.19. The molecule has 1 saturated heterocycles. The first-order valence-electron chi connectivity index (χ1n) is 5.62. The molecule has 1 fully saturated rings. The van der Waals surface area contributed by atoms with E-state index in [9.17, 15) is 13.2 Å². The molecule has 0 spiro atoms. The van der Waals surface area contributed by atoms with Crippen molar-refractivity contribution in [3.05, 3.63) is 29.8 Å². The average Bonchev–Trinajstić information content (AvgIpc) is 2.80. The van der Waals surface area contributed by atoms with E-state index < -0.39 is 11.7 Å². The summed E-state index contributed by atoms with van der Waals surface area (Å²) < 4.78 is 38.5. The lowest BCUT2D eigenvalue weighted by Crippen LogP contribution is -2.40. The highest BCUT2D eigenvalue weighted by Crippen LogP contribution is 2.36. The molecule has 0 amide bonds. The summed E-state index contributed by atoms with van der Waals surface area (Å²) in [4.78, 5) is 1.68. The van der Waals surface area contributed by atoms with Gasteiger partial charge in [-0.2, -0.15) is 13.2 Å². The van der Waals surface area contributed by atoms with Crippen LogP contribution in [0.4, 0.5) is 18.9 Å². The molecule has 17 heavy (non-hydrogen) atoms. The van der Waals surface area contributed by atoms with Crippen LogP contribution >= 0.6 is 0 Å². The molecule has 0 aromatic heterocycles. The van der Waals surface area contributed by atoms with Crippen molar-refractivity contribution in [1.29, 1.82) is 0 Å². The first-order valence-corrected chi connectivity index (χ1v) is 5.62. The van der Waals surface area contributed by atoms with E-state index >= 15 is 0 Å². The number of halogens is 3. The Morgan fingerprint density at radius 3 is 2.59 bits per heavy atom. The molecule has 5 heteroatoms. The Bertz CT molecular complexity index is 384. The smallest absolute Gasteiger partial charge is 0.359 e. The number of nitrogens with zero attached hydrogens (tertiary/aromatic N) is 1. The van der Waals surface area contributed by atoms with E-state index in [1.165, 1.54) is 12.1 Å². The highest BCUT2D eigenvalue weighted by atomic mass is 19.4. The monoisotopic (exact) mass is 244 g/mol. The molecule has 1 aliphatic heterocycles. The van der Waals surface area contributed by atoms with Gasteiger partial charge in [0.2, 0.25) is 0 Å². The zero-order valence-electron chi connectivity index (χ0n) is 9.59. The molecule has 2 rings (SSSR count). The van der Waals surface area contributed by atoms with Crippen LogP contribution in [0.5, 0.6) is 0 Å². The molecule has 1 atom stereocenters. The van der Waals surface area contributed by atoms with Crippen LogP contribution in [0.1, 0.15) is 18.4 Å². The number of benzene rings is 1. The average molecular weight is 244 g/mol. The molecular formula is C12H15F3N2. The molecule has 1 heterocycles. The summed E-state index contributed by atoms with van der Waals surface area (Å²) in [6.45, 7) is 0.864. The molecule has 0 aliphatic carbocycles. The minimum absolute atomic E-state index is 0.00139. The third-order valence-electron chi connectivity index (χ3n) is 3.09. The SMILES string of the molecule is CN(c1ccccc1C(F)(F)F)C1CCCN1. The molecule has 94 valence electrons. The predicted octanol–water partition coefficient (Wildman–Crippen LogP) is 2.85. The van der Waals surface area contributed by atoms with Crippen LogP contribution < -0.4 is 10.2 Å². The standard InChI is InChI=1S/C12H15F3N2/c1-17(11-7-4-8-16-11)10-6-3-2-5-9(10)12(13,14)15/h2-3,5-6,11,16H,4,7-8H2,1H3. The Morgan fingerprint density at radius 1 is 1.29 bits per heavy atom.